The van der Waals surface area contributed by atoms with E-state index in [1.807, 2.05) is 6.92 Å². The minimum Gasteiger partial charge on any atom is -0.380 e. The Morgan fingerprint density at radius 1 is 1.29 bits per heavy atom. The van der Waals surface area contributed by atoms with E-state index in [-0.39, 0.29) is 6.04 Å². The van der Waals surface area contributed by atoms with Crippen LogP contribution in [0.2, 0.25) is 0 Å². The van der Waals surface area contributed by atoms with Gasteiger partial charge in [0.2, 0.25) is 0 Å². The molecular weight excluding hydrogens is 274 g/mol. The molecule has 1 unspecified atom stereocenters. The summed E-state index contributed by atoms with van der Waals surface area (Å²) in [7, 11) is 0. The van der Waals surface area contributed by atoms with Crippen LogP contribution in [0.25, 0.3) is 0 Å². The zero-order chi connectivity index (χ0) is 15.1. The fourth-order valence-electron chi connectivity index (χ4n) is 2.74. The summed E-state index contributed by atoms with van der Waals surface area (Å²) in [5.74, 6) is -1.51. The summed E-state index contributed by atoms with van der Waals surface area (Å²) in [6, 6.07) is 4.23. The Hall–Kier alpha value is -1.04. The molecule has 3 nitrogen and oxygen atoms in total. The summed E-state index contributed by atoms with van der Waals surface area (Å²) in [6.07, 6.45) is 1.79. The van der Waals surface area contributed by atoms with Crippen molar-refractivity contribution >= 4 is 0 Å². The van der Waals surface area contributed by atoms with Crippen LogP contribution in [0.3, 0.4) is 0 Å². The van der Waals surface area contributed by atoms with E-state index >= 15 is 0 Å². The first-order valence-electron chi connectivity index (χ1n) is 7.69. The molecule has 1 aromatic rings. The molecule has 21 heavy (non-hydrogen) atoms. The lowest BCUT2D eigenvalue weighted by Gasteiger charge is -2.24. The lowest BCUT2D eigenvalue weighted by atomic mass is 10.0. The molecule has 0 aromatic heterocycles. The van der Waals surface area contributed by atoms with E-state index in [0.717, 1.165) is 58.3 Å². The molecule has 5 heteroatoms. The van der Waals surface area contributed by atoms with Crippen LogP contribution in [0.15, 0.2) is 18.2 Å². The molecule has 0 amide bonds. The first kappa shape index (κ1) is 16.3. The Bertz CT molecular complexity index is 434. The molecule has 2 rings (SSSR count). The quantitative estimate of drug-likeness (QED) is 0.874. The Labute approximate surface area is 125 Å². The largest absolute Gasteiger partial charge is 0.380 e. The van der Waals surface area contributed by atoms with E-state index in [9.17, 15) is 8.78 Å². The second kappa shape index (κ2) is 8.41. The van der Waals surface area contributed by atoms with E-state index < -0.39 is 11.6 Å². The molecule has 0 bridgehead atoms. The molecule has 0 aliphatic carbocycles. The van der Waals surface area contributed by atoms with Gasteiger partial charge in [0.05, 0.1) is 6.61 Å². The minimum absolute atomic E-state index is 0.158. The number of hydrogen-bond acceptors (Lipinski definition) is 3. The molecule has 118 valence electrons. The summed E-state index contributed by atoms with van der Waals surface area (Å²) in [5.41, 5.74) is 0.419. The van der Waals surface area contributed by atoms with Crippen LogP contribution >= 0.6 is 0 Å². The van der Waals surface area contributed by atoms with Gasteiger partial charge in [-0.05, 0) is 25.5 Å². The average Bonchev–Trinajstić information content (AvgIpc) is 2.75. The monoisotopic (exact) mass is 298 g/mol. The van der Waals surface area contributed by atoms with Gasteiger partial charge in [0.25, 0.3) is 0 Å². The summed E-state index contributed by atoms with van der Waals surface area (Å²) in [5, 5.41) is 3.26. The second-order valence-corrected chi connectivity index (χ2v) is 5.35. The normalized spacial score (nSPS) is 18.4. The van der Waals surface area contributed by atoms with Crippen LogP contribution in [0.4, 0.5) is 8.78 Å². The van der Waals surface area contributed by atoms with Gasteiger partial charge in [-0.15, -0.1) is 0 Å². The average molecular weight is 298 g/mol. The highest BCUT2D eigenvalue weighted by atomic mass is 19.2. The summed E-state index contributed by atoms with van der Waals surface area (Å²) < 4.78 is 32.8. The maximum atomic E-state index is 14.0. The van der Waals surface area contributed by atoms with Crippen LogP contribution in [-0.2, 0) is 4.74 Å². The molecule has 1 atom stereocenters. The van der Waals surface area contributed by atoms with Gasteiger partial charge in [0.15, 0.2) is 11.6 Å². The van der Waals surface area contributed by atoms with Gasteiger partial charge in [-0.3, -0.25) is 0 Å². The minimum atomic E-state index is -0.779. The molecule has 1 aromatic carbocycles. The summed E-state index contributed by atoms with van der Waals surface area (Å²) in [6.45, 7) is 7.03. The van der Waals surface area contributed by atoms with Crippen molar-refractivity contribution in [2.75, 3.05) is 39.4 Å². The van der Waals surface area contributed by atoms with Gasteiger partial charge in [-0.25, -0.2) is 8.78 Å². The lowest BCUT2D eigenvalue weighted by Crippen LogP contribution is -2.31. The maximum Gasteiger partial charge on any atom is 0.163 e. The number of nitrogens with zero attached hydrogens (tertiary/aromatic N) is 1. The lowest BCUT2D eigenvalue weighted by molar-refractivity contribution is 0.140. The van der Waals surface area contributed by atoms with Crippen molar-refractivity contribution in [3.05, 3.63) is 35.4 Å². The zero-order valence-electron chi connectivity index (χ0n) is 12.6. The third-order valence-electron chi connectivity index (χ3n) is 3.86. The fourth-order valence-corrected chi connectivity index (χ4v) is 2.74. The molecule has 1 aliphatic rings. The number of rotatable bonds is 6. The van der Waals surface area contributed by atoms with Gasteiger partial charge < -0.3 is 15.0 Å². The predicted octanol–water partition coefficient (Wildman–Crippen LogP) is 2.73. The number of nitrogens with one attached hydrogen (secondary N) is 1. The van der Waals surface area contributed by atoms with E-state index in [0.29, 0.717) is 5.56 Å². The zero-order valence-corrected chi connectivity index (χ0v) is 12.6. The van der Waals surface area contributed by atoms with Crippen molar-refractivity contribution in [3.8, 4) is 0 Å². The maximum absolute atomic E-state index is 14.0. The Morgan fingerprint density at radius 3 is 2.95 bits per heavy atom. The van der Waals surface area contributed by atoms with Crippen LogP contribution in [-0.4, -0.2) is 44.3 Å². The van der Waals surface area contributed by atoms with Gasteiger partial charge in [0.1, 0.15) is 0 Å². The van der Waals surface area contributed by atoms with Gasteiger partial charge >= 0.3 is 0 Å². The molecule has 1 aliphatic heterocycles. The third kappa shape index (κ3) is 4.73. The van der Waals surface area contributed by atoms with Crippen molar-refractivity contribution in [1.29, 1.82) is 0 Å². The Balaban J connectivity index is 1.99. The first-order chi connectivity index (χ1) is 10.2. The summed E-state index contributed by atoms with van der Waals surface area (Å²) in [4.78, 5) is 2.33. The first-order valence-corrected chi connectivity index (χ1v) is 7.69. The number of halogens is 2. The molecular formula is C16H24F2N2O. The molecule has 0 saturated carbocycles. The number of ether oxygens (including phenoxy) is 1. The molecule has 1 N–H and O–H groups in total. The van der Waals surface area contributed by atoms with Gasteiger partial charge in [-0.2, -0.15) is 0 Å². The molecule has 0 radical (unpaired) electrons. The summed E-state index contributed by atoms with van der Waals surface area (Å²) >= 11 is 0. The SMILES string of the molecule is CCNC(CCN1CCCOCC1)c1cccc(F)c1F. The van der Waals surface area contributed by atoms with E-state index in [1.165, 1.54) is 0 Å². The molecule has 1 fully saturated rings. The predicted molar refractivity (Wildman–Crippen MR) is 79.3 cm³/mol. The van der Waals surface area contributed by atoms with Gasteiger partial charge in [-0.1, -0.05) is 19.1 Å². The van der Waals surface area contributed by atoms with Crippen molar-refractivity contribution in [2.45, 2.75) is 25.8 Å². The highest BCUT2D eigenvalue weighted by molar-refractivity contribution is 5.22. The van der Waals surface area contributed by atoms with Crippen molar-refractivity contribution in [3.63, 3.8) is 0 Å². The fraction of sp³-hybridized carbons (Fsp3) is 0.625. The smallest absolute Gasteiger partial charge is 0.163 e. The topological polar surface area (TPSA) is 24.5 Å². The van der Waals surface area contributed by atoms with Crippen molar-refractivity contribution in [2.24, 2.45) is 0 Å². The van der Waals surface area contributed by atoms with E-state index in [2.05, 4.69) is 10.2 Å². The number of benzene rings is 1. The number of hydrogen-bond donors (Lipinski definition) is 1. The second-order valence-electron chi connectivity index (χ2n) is 5.35. The third-order valence-corrected chi connectivity index (χ3v) is 3.86. The molecule has 1 saturated heterocycles. The molecule has 1 heterocycles. The highest BCUT2D eigenvalue weighted by Crippen LogP contribution is 2.22. The van der Waals surface area contributed by atoms with Crippen molar-refractivity contribution < 1.29 is 13.5 Å². The van der Waals surface area contributed by atoms with Crippen LogP contribution < -0.4 is 5.32 Å². The highest BCUT2D eigenvalue weighted by Gasteiger charge is 2.19. The molecule has 0 spiro atoms. The van der Waals surface area contributed by atoms with Crippen LogP contribution in [0.5, 0.6) is 0 Å². The van der Waals surface area contributed by atoms with Crippen LogP contribution in [0.1, 0.15) is 31.4 Å². The standard InChI is InChI=1S/C16H24F2N2O/c1-2-19-15(13-5-3-6-14(17)16(13)18)7-9-20-8-4-11-21-12-10-20/h3,5-6,15,19H,2,4,7-12H2,1H3. The van der Waals surface area contributed by atoms with E-state index in [4.69, 9.17) is 4.74 Å². The van der Waals surface area contributed by atoms with Crippen LogP contribution in [0, 0.1) is 11.6 Å². The Morgan fingerprint density at radius 2 is 2.14 bits per heavy atom. The Kier molecular flexibility index (Phi) is 6.54. The van der Waals surface area contributed by atoms with Crippen molar-refractivity contribution in [1.82, 2.24) is 10.2 Å². The van der Waals surface area contributed by atoms with Gasteiger partial charge in [0, 0.05) is 37.8 Å². The van der Waals surface area contributed by atoms with E-state index in [1.54, 1.807) is 12.1 Å².